The van der Waals surface area contributed by atoms with Crippen LogP contribution < -0.4 is 10.6 Å². The third-order valence-electron chi connectivity index (χ3n) is 5.53. The number of hydrogen-bond donors (Lipinski definition) is 2. The van der Waals surface area contributed by atoms with Gasteiger partial charge in [0.1, 0.15) is 0 Å². The van der Waals surface area contributed by atoms with E-state index < -0.39 is 0 Å². The summed E-state index contributed by atoms with van der Waals surface area (Å²) in [6, 6.07) is 5.80. The molecule has 24 heavy (non-hydrogen) atoms. The van der Waals surface area contributed by atoms with Crippen molar-refractivity contribution >= 4 is 11.7 Å². The molecule has 2 heterocycles. The molecule has 2 atom stereocenters. The molecular formula is C17H23N5O2. The fourth-order valence-corrected chi connectivity index (χ4v) is 4.02. The van der Waals surface area contributed by atoms with E-state index in [1.165, 1.54) is 6.42 Å². The van der Waals surface area contributed by atoms with Crippen LogP contribution in [0.25, 0.3) is 5.65 Å². The van der Waals surface area contributed by atoms with Gasteiger partial charge in [-0.2, -0.15) is 0 Å². The predicted molar refractivity (Wildman–Crippen MR) is 88.5 cm³/mol. The minimum absolute atomic E-state index is 0.145. The SMILES string of the molecule is CCOC1CC(NC(=O)NCc2nnc3ccccn23)C12CCC2. The smallest absolute Gasteiger partial charge is 0.315 e. The molecule has 2 amide bonds. The minimum atomic E-state index is -0.145. The Balaban J connectivity index is 1.33. The summed E-state index contributed by atoms with van der Waals surface area (Å²) >= 11 is 0. The van der Waals surface area contributed by atoms with Crippen LogP contribution in [0.3, 0.4) is 0 Å². The van der Waals surface area contributed by atoms with Gasteiger partial charge in [0.2, 0.25) is 0 Å². The summed E-state index contributed by atoms with van der Waals surface area (Å²) in [5.74, 6) is 0.722. The van der Waals surface area contributed by atoms with Gasteiger partial charge >= 0.3 is 6.03 Å². The van der Waals surface area contributed by atoms with E-state index in [2.05, 4.69) is 20.8 Å². The predicted octanol–water partition coefficient (Wildman–Crippen LogP) is 1.88. The normalized spacial score (nSPS) is 24.4. The van der Waals surface area contributed by atoms with Crippen LogP contribution in [0.15, 0.2) is 24.4 Å². The Kier molecular flexibility index (Phi) is 3.88. The highest BCUT2D eigenvalue weighted by Gasteiger charge is 2.59. The Morgan fingerprint density at radius 2 is 2.29 bits per heavy atom. The number of hydrogen-bond acceptors (Lipinski definition) is 4. The zero-order chi connectivity index (χ0) is 16.6. The molecule has 7 heteroatoms. The maximum Gasteiger partial charge on any atom is 0.315 e. The van der Waals surface area contributed by atoms with Crippen LogP contribution in [0.4, 0.5) is 4.79 Å². The van der Waals surface area contributed by atoms with Gasteiger partial charge in [-0.1, -0.05) is 12.5 Å². The molecule has 2 aliphatic rings. The van der Waals surface area contributed by atoms with Crippen molar-refractivity contribution in [3.63, 3.8) is 0 Å². The molecule has 7 nitrogen and oxygen atoms in total. The number of nitrogens with zero attached hydrogens (tertiary/aromatic N) is 3. The number of fused-ring (bicyclic) bond motifs is 1. The molecule has 2 saturated carbocycles. The van der Waals surface area contributed by atoms with Crippen molar-refractivity contribution in [2.75, 3.05) is 6.61 Å². The highest BCUT2D eigenvalue weighted by atomic mass is 16.5. The molecule has 1 spiro atoms. The van der Waals surface area contributed by atoms with Crippen molar-refractivity contribution in [3.8, 4) is 0 Å². The molecule has 2 N–H and O–H groups in total. The number of nitrogens with one attached hydrogen (secondary N) is 2. The molecule has 2 aromatic rings. The standard InChI is InChI=1S/C17H23N5O2/c1-2-24-13-10-12(17(13)7-5-8-17)19-16(23)18-11-15-21-20-14-6-3-4-9-22(14)15/h3-4,6,9,12-13H,2,5,7-8,10-11H2,1H3,(H2,18,19,23). The molecule has 2 unspecified atom stereocenters. The van der Waals surface area contributed by atoms with Crippen LogP contribution in [-0.4, -0.2) is 39.4 Å². The molecule has 128 valence electrons. The Morgan fingerprint density at radius 1 is 1.42 bits per heavy atom. The van der Waals surface area contributed by atoms with E-state index >= 15 is 0 Å². The average molecular weight is 329 g/mol. The van der Waals surface area contributed by atoms with Crippen LogP contribution in [-0.2, 0) is 11.3 Å². The largest absolute Gasteiger partial charge is 0.378 e. The van der Waals surface area contributed by atoms with Gasteiger partial charge in [-0.3, -0.25) is 4.40 Å². The molecule has 2 aromatic heterocycles. The molecule has 2 fully saturated rings. The van der Waals surface area contributed by atoms with E-state index in [1.54, 1.807) is 0 Å². The summed E-state index contributed by atoms with van der Waals surface area (Å²) in [5.41, 5.74) is 0.955. The Hall–Kier alpha value is -2.15. The van der Waals surface area contributed by atoms with Crippen LogP contribution in [0.5, 0.6) is 0 Å². The van der Waals surface area contributed by atoms with Crippen molar-refractivity contribution in [2.24, 2.45) is 5.41 Å². The summed E-state index contributed by atoms with van der Waals surface area (Å²) in [6.45, 7) is 3.12. The van der Waals surface area contributed by atoms with Gasteiger partial charge < -0.3 is 15.4 Å². The lowest BCUT2D eigenvalue weighted by Crippen LogP contribution is -2.68. The average Bonchev–Trinajstić information content (AvgIpc) is 2.93. The molecule has 4 rings (SSSR count). The first kappa shape index (κ1) is 15.4. The molecule has 0 saturated heterocycles. The Labute approximate surface area is 140 Å². The Morgan fingerprint density at radius 3 is 3.04 bits per heavy atom. The number of rotatable bonds is 5. The maximum absolute atomic E-state index is 12.2. The topological polar surface area (TPSA) is 80.5 Å². The molecule has 0 bridgehead atoms. The van der Waals surface area contributed by atoms with Gasteiger partial charge in [-0.25, -0.2) is 4.79 Å². The number of carbonyl (C=O) groups excluding carboxylic acids is 1. The van der Waals surface area contributed by atoms with E-state index in [1.807, 2.05) is 35.7 Å². The van der Waals surface area contributed by atoms with Crippen molar-refractivity contribution in [1.29, 1.82) is 0 Å². The zero-order valence-electron chi connectivity index (χ0n) is 13.9. The second-order valence-electron chi connectivity index (χ2n) is 6.69. The molecule has 2 aliphatic carbocycles. The van der Waals surface area contributed by atoms with Crippen molar-refractivity contribution < 1.29 is 9.53 Å². The number of aromatic nitrogens is 3. The highest BCUT2D eigenvalue weighted by Crippen LogP contribution is 2.57. The van der Waals surface area contributed by atoms with Gasteiger partial charge in [0.25, 0.3) is 0 Å². The maximum atomic E-state index is 12.2. The fourth-order valence-electron chi connectivity index (χ4n) is 4.02. The lowest BCUT2D eigenvalue weighted by molar-refractivity contribution is -0.169. The van der Waals surface area contributed by atoms with Crippen molar-refractivity contribution in [1.82, 2.24) is 25.2 Å². The molecular weight excluding hydrogens is 306 g/mol. The van der Waals surface area contributed by atoms with Gasteiger partial charge in [0.15, 0.2) is 11.5 Å². The quantitative estimate of drug-likeness (QED) is 0.877. The van der Waals surface area contributed by atoms with E-state index in [0.29, 0.717) is 12.6 Å². The lowest BCUT2D eigenvalue weighted by Gasteiger charge is -2.60. The van der Waals surface area contributed by atoms with Gasteiger partial charge in [-0.05, 0) is 38.3 Å². The molecule has 0 aliphatic heterocycles. The number of carbonyl (C=O) groups is 1. The second kappa shape index (κ2) is 6.05. The fraction of sp³-hybridized carbons (Fsp3) is 0.588. The van der Waals surface area contributed by atoms with Crippen LogP contribution in [0.2, 0.25) is 0 Å². The summed E-state index contributed by atoms with van der Waals surface area (Å²) in [7, 11) is 0. The summed E-state index contributed by atoms with van der Waals surface area (Å²) in [5, 5.41) is 14.2. The lowest BCUT2D eigenvalue weighted by atomic mass is 9.51. The summed E-state index contributed by atoms with van der Waals surface area (Å²) < 4.78 is 7.70. The first-order valence-corrected chi connectivity index (χ1v) is 8.67. The summed E-state index contributed by atoms with van der Waals surface area (Å²) in [6.07, 6.45) is 6.65. The number of ether oxygens (including phenoxy) is 1. The zero-order valence-corrected chi connectivity index (χ0v) is 13.9. The minimum Gasteiger partial charge on any atom is -0.378 e. The Bertz CT molecular complexity index is 739. The highest BCUT2D eigenvalue weighted by molar-refractivity contribution is 5.74. The van der Waals surface area contributed by atoms with E-state index in [0.717, 1.165) is 37.3 Å². The van der Waals surface area contributed by atoms with Crippen molar-refractivity contribution in [2.45, 2.75) is 51.3 Å². The van der Waals surface area contributed by atoms with Crippen LogP contribution in [0.1, 0.15) is 38.4 Å². The van der Waals surface area contributed by atoms with E-state index in [-0.39, 0.29) is 17.5 Å². The first-order chi connectivity index (χ1) is 11.7. The first-order valence-electron chi connectivity index (χ1n) is 8.67. The third kappa shape index (κ3) is 2.43. The van der Waals surface area contributed by atoms with E-state index in [9.17, 15) is 4.79 Å². The number of amides is 2. The monoisotopic (exact) mass is 329 g/mol. The van der Waals surface area contributed by atoms with Crippen LogP contribution >= 0.6 is 0 Å². The number of urea groups is 1. The third-order valence-corrected chi connectivity index (χ3v) is 5.53. The molecule has 0 radical (unpaired) electrons. The van der Waals surface area contributed by atoms with Gasteiger partial charge in [0.05, 0.1) is 12.6 Å². The number of pyridine rings is 1. The van der Waals surface area contributed by atoms with Gasteiger partial charge in [0, 0.05) is 24.3 Å². The van der Waals surface area contributed by atoms with E-state index in [4.69, 9.17) is 4.74 Å². The van der Waals surface area contributed by atoms with Crippen molar-refractivity contribution in [3.05, 3.63) is 30.2 Å². The second-order valence-corrected chi connectivity index (χ2v) is 6.69. The molecule has 0 aromatic carbocycles. The summed E-state index contributed by atoms with van der Waals surface area (Å²) in [4.78, 5) is 12.2. The van der Waals surface area contributed by atoms with Gasteiger partial charge in [-0.15, -0.1) is 10.2 Å². The van der Waals surface area contributed by atoms with Crippen LogP contribution in [0, 0.1) is 5.41 Å².